The van der Waals surface area contributed by atoms with Gasteiger partial charge in [-0.15, -0.1) is 0 Å². The van der Waals surface area contributed by atoms with Crippen molar-refractivity contribution >= 4 is 23.5 Å². The monoisotopic (exact) mass is 467 g/mol. The number of hydrogen-bond donors (Lipinski definition) is 0. The fourth-order valence-electron chi connectivity index (χ4n) is 5.39. The number of urea groups is 1. The zero-order valence-electron chi connectivity index (χ0n) is 19.2. The number of amides is 4. The Kier molecular flexibility index (Phi) is 5.25. The summed E-state index contributed by atoms with van der Waals surface area (Å²) >= 11 is 0. The topological polar surface area (TPSA) is 70.2 Å². The lowest BCUT2D eigenvalue weighted by molar-refractivity contribution is -0.133. The molecule has 6 rings (SSSR count). The van der Waals surface area contributed by atoms with E-state index in [2.05, 4.69) is 0 Å². The molecule has 0 spiro atoms. The molecule has 3 aliphatic heterocycles. The molecule has 3 heterocycles. The Morgan fingerprint density at radius 1 is 0.771 bits per heavy atom. The van der Waals surface area contributed by atoms with Gasteiger partial charge in [0, 0.05) is 30.3 Å². The van der Waals surface area contributed by atoms with E-state index in [-0.39, 0.29) is 30.4 Å². The maximum absolute atomic E-state index is 13.8. The highest BCUT2D eigenvalue weighted by atomic mass is 16.5. The van der Waals surface area contributed by atoms with Crippen molar-refractivity contribution in [3.05, 3.63) is 90.0 Å². The minimum absolute atomic E-state index is 0.0430. The molecule has 3 aliphatic rings. The highest BCUT2D eigenvalue weighted by molar-refractivity contribution is 6.19. The summed E-state index contributed by atoms with van der Waals surface area (Å²) in [4.78, 5) is 44.3. The lowest BCUT2D eigenvalue weighted by atomic mass is 9.86. The molecule has 176 valence electrons. The van der Waals surface area contributed by atoms with Gasteiger partial charge in [-0.05, 0) is 37.1 Å². The number of carbonyl (C=O) groups excluding carboxylic acids is 3. The third-order valence-electron chi connectivity index (χ3n) is 7.15. The molecule has 2 saturated heterocycles. The average Bonchev–Trinajstić information content (AvgIpc) is 3.21. The normalized spacial score (nSPS) is 18.3. The number of nitrogens with zero attached hydrogens (tertiary/aromatic N) is 3. The van der Waals surface area contributed by atoms with Crippen LogP contribution in [0.4, 0.5) is 10.5 Å². The molecule has 3 aromatic carbocycles. The third-order valence-corrected chi connectivity index (χ3v) is 7.15. The van der Waals surface area contributed by atoms with Crippen LogP contribution >= 0.6 is 0 Å². The lowest BCUT2D eigenvalue weighted by Crippen LogP contribution is -2.49. The standard InChI is InChI=1S/C28H25N3O4/c32-25-18-30(28(34)31(25)20-8-2-1-3-9-20)19-14-16-29(17-15-19)27(33)26-21-10-4-6-12-23(21)35-24-13-7-5-11-22(24)26/h1-13,19,26H,14-18H2. The SMILES string of the molecule is O=C(C1c2ccccc2Oc2ccccc21)N1CCC(N2CC(=O)N(c3ccccc3)C2=O)CC1. The smallest absolute Gasteiger partial charge is 0.332 e. The van der Waals surface area contributed by atoms with E-state index in [0.717, 1.165) is 11.1 Å². The first-order valence-corrected chi connectivity index (χ1v) is 11.9. The average molecular weight is 468 g/mol. The van der Waals surface area contributed by atoms with Crippen LogP contribution in [0.15, 0.2) is 78.9 Å². The molecule has 0 N–H and O–H groups in total. The summed E-state index contributed by atoms with van der Waals surface area (Å²) in [6.07, 6.45) is 1.28. The molecular weight excluding hydrogens is 442 g/mol. The summed E-state index contributed by atoms with van der Waals surface area (Å²) in [6.45, 7) is 1.15. The number of para-hydroxylation sites is 3. The van der Waals surface area contributed by atoms with Crippen LogP contribution in [0.3, 0.4) is 0 Å². The van der Waals surface area contributed by atoms with Crippen molar-refractivity contribution < 1.29 is 19.1 Å². The van der Waals surface area contributed by atoms with Crippen molar-refractivity contribution in [1.29, 1.82) is 0 Å². The van der Waals surface area contributed by atoms with Gasteiger partial charge in [0.2, 0.25) is 5.91 Å². The van der Waals surface area contributed by atoms with E-state index < -0.39 is 5.92 Å². The molecule has 4 amide bonds. The molecule has 35 heavy (non-hydrogen) atoms. The number of hydrogen-bond acceptors (Lipinski definition) is 4. The number of carbonyl (C=O) groups is 3. The van der Waals surface area contributed by atoms with Crippen molar-refractivity contribution in [3.8, 4) is 11.5 Å². The molecule has 0 atom stereocenters. The summed E-state index contributed by atoms with van der Waals surface area (Å²) < 4.78 is 6.05. The molecule has 2 fully saturated rings. The van der Waals surface area contributed by atoms with E-state index in [0.29, 0.717) is 43.1 Å². The van der Waals surface area contributed by atoms with Crippen LogP contribution in [0.5, 0.6) is 11.5 Å². The van der Waals surface area contributed by atoms with E-state index in [1.165, 1.54) is 4.90 Å². The van der Waals surface area contributed by atoms with Gasteiger partial charge in [0.25, 0.3) is 5.91 Å². The van der Waals surface area contributed by atoms with E-state index in [1.54, 1.807) is 17.0 Å². The zero-order chi connectivity index (χ0) is 23.9. The van der Waals surface area contributed by atoms with Gasteiger partial charge in [-0.2, -0.15) is 0 Å². The van der Waals surface area contributed by atoms with Crippen LogP contribution < -0.4 is 9.64 Å². The number of ether oxygens (including phenoxy) is 1. The highest BCUT2D eigenvalue weighted by Crippen LogP contribution is 2.45. The third kappa shape index (κ3) is 3.64. The van der Waals surface area contributed by atoms with Gasteiger partial charge in [-0.3, -0.25) is 9.59 Å². The maximum atomic E-state index is 13.8. The molecule has 0 saturated carbocycles. The molecule has 0 radical (unpaired) electrons. The molecule has 0 bridgehead atoms. The second kappa shape index (κ2) is 8.58. The van der Waals surface area contributed by atoms with Gasteiger partial charge in [0.1, 0.15) is 18.0 Å². The fourth-order valence-corrected chi connectivity index (χ4v) is 5.39. The summed E-state index contributed by atoms with van der Waals surface area (Å²) in [5, 5.41) is 0. The van der Waals surface area contributed by atoms with Crippen LogP contribution in [0.25, 0.3) is 0 Å². The summed E-state index contributed by atoms with van der Waals surface area (Å²) in [5.41, 5.74) is 2.34. The number of anilines is 1. The van der Waals surface area contributed by atoms with Gasteiger partial charge in [-0.25, -0.2) is 9.69 Å². The second-order valence-corrected chi connectivity index (χ2v) is 9.14. The van der Waals surface area contributed by atoms with Crippen LogP contribution in [0, 0.1) is 0 Å². The molecule has 0 aliphatic carbocycles. The van der Waals surface area contributed by atoms with E-state index in [9.17, 15) is 14.4 Å². The molecule has 0 unspecified atom stereocenters. The Hall–Kier alpha value is -4.13. The van der Waals surface area contributed by atoms with Crippen molar-refractivity contribution in [2.24, 2.45) is 0 Å². The minimum atomic E-state index is -0.420. The fraction of sp³-hybridized carbons (Fsp3) is 0.250. The molecule has 0 aromatic heterocycles. The Balaban J connectivity index is 1.18. The van der Waals surface area contributed by atoms with Crippen LogP contribution in [0.1, 0.15) is 29.9 Å². The van der Waals surface area contributed by atoms with Crippen molar-refractivity contribution in [2.75, 3.05) is 24.5 Å². The summed E-state index contributed by atoms with van der Waals surface area (Å²) in [6, 6.07) is 24.0. The highest BCUT2D eigenvalue weighted by Gasteiger charge is 2.43. The molecular formula is C28H25N3O4. The maximum Gasteiger partial charge on any atom is 0.332 e. The van der Waals surface area contributed by atoms with Crippen LogP contribution in [0.2, 0.25) is 0 Å². The van der Waals surface area contributed by atoms with Crippen molar-refractivity contribution in [3.63, 3.8) is 0 Å². The Morgan fingerprint density at radius 2 is 1.34 bits per heavy atom. The Labute approximate surface area is 203 Å². The Morgan fingerprint density at radius 3 is 1.97 bits per heavy atom. The van der Waals surface area contributed by atoms with Gasteiger partial charge >= 0.3 is 6.03 Å². The lowest BCUT2D eigenvalue weighted by Gasteiger charge is -2.38. The molecule has 3 aromatic rings. The number of rotatable bonds is 3. The number of fused-ring (bicyclic) bond motifs is 2. The van der Waals surface area contributed by atoms with Gasteiger partial charge in [0.05, 0.1) is 11.6 Å². The van der Waals surface area contributed by atoms with Gasteiger partial charge < -0.3 is 14.5 Å². The van der Waals surface area contributed by atoms with Crippen molar-refractivity contribution in [1.82, 2.24) is 9.80 Å². The largest absolute Gasteiger partial charge is 0.457 e. The van der Waals surface area contributed by atoms with E-state index in [1.807, 2.05) is 71.6 Å². The van der Waals surface area contributed by atoms with Crippen molar-refractivity contribution in [2.45, 2.75) is 24.8 Å². The van der Waals surface area contributed by atoms with Gasteiger partial charge in [-0.1, -0.05) is 54.6 Å². The number of piperidine rings is 1. The summed E-state index contributed by atoms with van der Waals surface area (Å²) in [7, 11) is 0. The second-order valence-electron chi connectivity index (χ2n) is 9.14. The first kappa shape index (κ1) is 21.4. The predicted octanol–water partition coefficient (Wildman–Crippen LogP) is 4.38. The first-order chi connectivity index (χ1) is 17.1. The Bertz CT molecular complexity index is 1250. The van der Waals surface area contributed by atoms with E-state index in [4.69, 9.17) is 4.74 Å². The number of likely N-dealkylation sites (tertiary alicyclic amines) is 1. The van der Waals surface area contributed by atoms with Crippen LogP contribution in [-0.4, -0.2) is 53.3 Å². The minimum Gasteiger partial charge on any atom is -0.457 e. The number of imide groups is 1. The van der Waals surface area contributed by atoms with Gasteiger partial charge in [0.15, 0.2) is 0 Å². The summed E-state index contributed by atoms with van der Waals surface area (Å²) in [5.74, 6) is 0.830. The first-order valence-electron chi connectivity index (χ1n) is 11.9. The van der Waals surface area contributed by atoms with E-state index >= 15 is 0 Å². The molecule has 7 nitrogen and oxygen atoms in total. The predicted molar refractivity (Wildman–Crippen MR) is 130 cm³/mol. The molecule has 7 heteroatoms. The zero-order valence-corrected chi connectivity index (χ0v) is 19.2. The number of benzene rings is 3. The van der Waals surface area contributed by atoms with Crippen LogP contribution in [-0.2, 0) is 9.59 Å². The quantitative estimate of drug-likeness (QED) is 0.536.